The number of methoxy groups -OCH3 is 1. The van der Waals surface area contributed by atoms with Crippen molar-refractivity contribution in [2.75, 3.05) is 25.6 Å². The minimum Gasteiger partial charge on any atom is -0.491 e. The van der Waals surface area contributed by atoms with E-state index in [0.717, 1.165) is 25.0 Å². The molecule has 0 aliphatic rings. The van der Waals surface area contributed by atoms with E-state index in [2.05, 4.69) is 22.4 Å². The molecule has 1 aromatic heterocycles. The van der Waals surface area contributed by atoms with E-state index >= 15 is 0 Å². The lowest BCUT2D eigenvalue weighted by molar-refractivity contribution is 0.102. The third-order valence-electron chi connectivity index (χ3n) is 3.27. The molecule has 6 heteroatoms. The van der Waals surface area contributed by atoms with Gasteiger partial charge in [0.25, 0.3) is 5.91 Å². The van der Waals surface area contributed by atoms with Crippen molar-refractivity contribution >= 4 is 11.6 Å². The number of anilines is 1. The van der Waals surface area contributed by atoms with Gasteiger partial charge in [0.1, 0.15) is 5.75 Å². The van der Waals surface area contributed by atoms with E-state index in [1.807, 2.05) is 24.3 Å². The van der Waals surface area contributed by atoms with Gasteiger partial charge in [0.05, 0.1) is 12.3 Å². The summed E-state index contributed by atoms with van der Waals surface area (Å²) >= 11 is 0. The van der Waals surface area contributed by atoms with E-state index in [9.17, 15) is 4.79 Å². The Bertz CT molecular complexity index is 625. The largest absolute Gasteiger partial charge is 0.491 e. The van der Waals surface area contributed by atoms with Gasteiger partial charge >= 0.3 is 0 Å². The first-order valence-corrected chi connectivity index (χ1v) is 7.81. The van der Waals surface area contributed by atoms with Crippen molar-refractivity contribution in [2.45, 2.75) is 26.2 Å². The first-order valence-electron chi connectivity index (χ1n) is 7.81. The number of benzene rings is 1. The van der Waals surface area contributed by atoms with Crippen LogP contribution in [0.15, 0.2) is 30.3 Å². The highest BCUT2D eigenvalue weighted by atomic mass is 16.5. The summed E-state index contributed by atoms with van der Waals surface area (Å²) in [6.45, 7) is 3.25. The fourth-order valence-electron chi connectivity index (χ4n) is 2.14. The van der Waals surface area contributed by atoms with Gasteiger partial charge in [0.2, 0.25) is 0 Å². The van der Waals surface area contributed by atoms with Crippen LogP contribution < -0.4 is 10.1 Å². The molecule has 6 nitrogen and oxygen atoms in total. The number of aromatic nitrogens is 2. The zero-order valence-electron chi connectivity index (χ0n) is 13.6. The van der Waals surface area contributed by atoms with Crippen LogP contribution in [-0.2, 0) is 11.2 Å². The van der Waals surface area contributed by atoms with Crippen LogP contribution in [0, 0.1) is 0 Å². The molecule has 0 saturated carbocycles. The topological polar surface area (TPSA) is 76.2 Å². The summed E-state index contributed by atoms with van der Waals surface area (Å²) in [7, 11) is 1.66. The Morgan fingerprint density at radius 3 is 2.91 bits per heavy atom. The van der Waals surface area contributed by atoms with Gasteiger partial charge in [-0.1, -0.05) is 25.5 Å². The molecule has 2 rings (SSSR count). The zero-order valence-corrected chi connectivity index (χ0v) is 13.6. The van der Waals surface area contributed by atoms with E-state index in [1.54, 1.807) is 13.2 Å². The highest BCUT2D eigenvalue weighted by Gasteiger charge is 2.13. The molecule has 0 fully saturated rings. The summed E-state index contributed by atoms with van der Waals surface area (Å²) in [6.07, 6.45) is 2.67. The van der Waals surface area contributed by atoms with Crippen LogP contribution in [0.2, 0.25) is 0 Å². The Morgan fingerprint density at radius 2 is 2.13 bits per heavy atom. The number of nitrogens with one attached hydrogen (secondary N) is 2. The van der Waals surface area contributed by atoms with Gasteiger partial charge in [-0.15, -0.1) is 0 Å². The van der Waals surface area contributed by atoms with E-state index < -0.39 is 0 Å². The van der Waals surface area contributed by atoms with Crippen molar-refractivity contribution in [3.63, 3.8) is 0 Å². The SMILES string of the molecule is CCCc1cc(C(=O)Nc2ccccc2OCCCOC)n[nH]1. The first kappa shape index (κ1) is 17.0. The maximum Gasteiger partial charge on any atom is 0.276 e. The van der Waals surface area contributed by atoms with E-state index in [-0.39, 0.29) is 5.91 Å². The lowest BCUT2D eigenvalue weighted by Gasteiger charge is -2.11. The average Bonchev–Trinajstić information content (AvgIpc) is 3.02. The molecule has 0 aliphatic carbocycles. The van der Waals surface area contributed by atoms with Crippen LogP contribution in [0.25, 0.3) is 0 Å². The van der Waals surface area contributed by atoms with Gasteiger partial charge in [0, 0.05) is 25.8 Å². The van der Waals surface area contributed by atoms with Crippen LogP contribution in [0.3, 0.4) is 0 Å². The van der Waals surface area contributed by atoms with Gasteiger partial charge in [-0.05, 0) is 24.6 Å². The van der Waals surface area contributed by atoms with Crippen molar-refractivity contribution in [1.82, 2.24) is 10.2 Å². The minimum absolute atomic E-state index is 0.253. The van der Waals surface area contributed by atoms with Crippen molar-refractivity contribution in [3.8, 4) is 5.75 Å². The second-order valence-corrected chi connectivity index (χ2v) is 5.17. The number of aromatic amines is 1. The number of H-pyrrole nitrogens is 1. The van der Waals surface area contributed by atoms with Crippen molar-refractivity contribution < 1.29 is 14.3 Å². The third kappa shape index (κ3) is 5.10. The van der Waals surface area contributed by atoms with Crippen LogP contribution in [0.1, 0.15) is 35.9 Å². The Hall–Kier alpha value is -2.34. The molecule has 1 amide bonds. The van der Waals surface area contributed by atoms with Gasteiger partial charge in [-0.2, -0.15) is 5.10 Å². The molecule has 2 aromatic rings. The molecule has 23 heavy (non-hydrogen) atoms. The van der Waals surface area contributed by atoms with Crippen LogP contribution in [0.5, 0.6) is 5.75 Å². The lowest BCUT2D eigenvalue weighted by atomic mass is 10.2. The van der Waals surface area contributed by atoms with Crippen molar-refractivity contribution in [1.29, 1.82) is 0 Å². The predicted octanol–water partition coefficient (Wildman–Crippen LogP) is 3.03. The number of amides is 1. The maximum absolute atomic E-state index is 12.3. The Balaban J connectivity index is 1.99. The quantitative estimate of drug-likeness (QED) is 0.697. The summed E-state index contributed by atoms with van der Waals surface area (Å²) in [4.78, 5) is 12.3. The molecule has 0 aliphatic heterocycles. The number of nitrogens with zero attached hydrogens (tertiary/aromatic N) is 1. The zero-order chi connectivity index (χ0) is 16.5. The molecule has 1 heterocycles. The third-order valence-corrected chi connectivity index (χ3v) is 3.27. The standard InChI is InChI=1S/C17H23N3O3/c1-3-7-13-12-15(20-19-13)17(21)18-14-8-4-5-9-16(14)23-11-6-10-22-2/h4-5,8-9,12H,3,6-7,10-11H2,1-2H3,(H,18,21)(H,19,20). The number of hydrogen-bond acceptors (Lipinski definition) is 4. The van der Waals surface area contributed by atoms with Gasteiger partial charge in [0.15, 0.2) is 5.69 Å². The lowest BCUT2D eigenvalue weighted by Crippen LogP contribution is -2.13. The highest BCUT2D eigenvalue weighted by molar-refractivity contribution is 6.03. The molecule has 0 saturated heterocycles. The fraction of sp³-hybridized carbons (Fsp3) is 0.412. The first-order chi connectivity index (χ1) is 11.2. The van der Waals surface area contributed by atoms with E-state index in [0.29, 0.717) is 30.3 Å². The van der Waals surface area contributed by atoms with Crippen LogP contribution in [-0.4, -0.2) is 36.4 Å². The van der Waals surface area contributed by atoms with Gasteiger partial charge in [-0.3, -0.25) is 9.89 Å². The number of rotatable bonds is 9. The summed E-state index contributed by atoms with van der Waals surface area (Å²) < 4.78 is 10.7. The average molecular weight is 317 g/mol. The number of carbonyl (C=O) groups excluding carboxylic acids is 1. The summed E-state index contributed by atoms with van der Waals surface area (Å²) in [5.41, 5.74) is 1.97. The molecule has 0 atom stereocenters. The van der Waals surface area contributed by atoms with Crippen LogP contribution in [0.4, 0.5) is 5.69 Å². The number of ether oxygens (including phenoxy) is 2. The number of hydrogen-bond donors (Lipinski definition) is 2. The smallest absolute Gasteiger partial charge is 0.276 e. The highest BCUT2D eigenvalue weighted by Crippen LogP contribution is 2.24. The summed E-state index contributed by atoms with van der Waals surface area (Å²) in [5, 5.41) is 9.78. The molecular formula is C17H23N3O3. The fourth-order valence-corrected chi connectivity index (χ4v) is 2.14. The number of para-hydroxylation sites is 2. The second kappa shape index (κ2) is 8.95. The molecule has 2 N–H and O–H groups in total. The van der Waals surface area contributed by atoms with Gasteiger partial charge in [-0.25, -0.2) is 0 Å². The Labute approximate surface area is 136 Å². The molecule has 0 unspecified atom stereocenters. The number of aryl methyl sites for hydroxylation is 1. The van der Waals surface area contributed by atoms with E-state index in [4.69, 9.17) is 9.47 Å². The second-order valence-electron chi connectivity index (χ2n) is 5.17. The molecule has 0 bridgehead atoms. The molecule has 124 valence electrons. The monoisotopic (exact) mass is 317 g/mol. The molecule has 0 spiro atoms. The minimum atomic E-state index is -0.253. The molecule has 0 radical (unpaired) electrons. The van der Waals surface area contributed by atoms with E-state index in [1.165, 1.54) is 0 Å². The number of carbonyl (C=O) groups is 1. The summed E-state index contributed by atoms with van der Waals surface area (Å²) in [6, 6.07) is 9.14. The summed E-state index contributed by atoms with van der Waals surface area (Å²) in [5.74, 6) is 0.387. The van der Waals surface area contributed by atoms with Crippen molar-refractivity contribution in [3.05, 3.63) is 41.7 Å². The predicted molar refractivity (Wildman–Crippen MR) is 89.0 cm³/mol. The van der Waals surface area contributed by atoms with Crippen LogP contribution >= 0.6 is 0 Å². The maximum atomic E-state index is 12.3. The van der Waals surface area contributed by atoms with Crippen molar-refractivity contribution in [2.24, 2.45) is 0 Å². The molecule has 1 aromatic carbocycles. The molecular weight excluding hydrogens is 294 g/mol. The normalized spacial score (nSPS) is 10.5. The Morgan fingerprint density at radius 1 is 1.30 bits per heavy atom. The van der Waals surface area contributed by atoms with Gasteiger partial charge < -0.3 is 14.8 Å². The Kier molecular flexibility index (Phi) is 6.62.